The molecular formula is C21H22N4O4S2. The van der Waals surface area contributed by atoms with E-state index < -0.39 is 11.7 Å². The van der Waals surface area contributed by atoms with Gasteiger partial charge >= 0.3 is 11.7 Å². The number of anilines is 1. The third-order valence-corrected chi connectivity index (χ3v) is 7.05. The zero-order chi connectivity index (χ0) is 22.0. The lowest BCUT2D eigenvalue weighted by Crippen LogP contribution is -2.21. The summed E-state index contributed by atoms with van der Waals surface area (Å²) in [6.07, 6.45) is 5.44. The van der Waals surface area contributed by atoms with Crippen LogP contribution in [-0.2, 0) is 22.4 Å². The number of ether oxygens (including phenoxy) is 1. The zero-order valence-corrected chi connectivity index (χ0v) is 18.9. The molecule has 1 aliphatic rings. The molecule has 0 unspecified atom stereocenters. The highest BCUT2D eigenvalue weighted by Gasteiger charge is 2.27. The van der Waals surface area contributed by atoms with Gasteiger partial charge < -0.3 is 10.1 Å². The van der Waals surface area contributed by atoms with Gasteiger partial charge in [-0.2, -0.15) is 4.98 Å². The maximum atomic E-state index is 12.6. The smallest absolute Gasteiger partial charge is 0.355 e. The van der Waals surface area contributed by atoms with Gasteiger partial charge in [-0.1, -0.05) is 17.8 Å². The van der Waals surface area contributed by atoms with E-state index in [9.17, 15) is 14.4 Å². The molecule has 3 heterocycles. The van der Waals surface area contributed by atoms with Crippen LogP contribution in [0, 0.1) is 6.92 Å². The van der Waals surface area contributed by atoms with Gasteiger partial charge in [-0.3, -0.25) is 9.20 Å². The number of thioether (sulfide) groups is 1. The molecule has 0 saturated heterocycles. The quantitative estimate of drug-likeness (QED) is 0.447. The first-order valence-electron chi connectivity index (χ1n) is 10.1. The second kappa shape index (κ2) is 9.19. The number of amides is 1. The van der Waals surface area contributed by atoms with Crippen molar-refractivity contribution in [2.75, 3.05) is 17.7 Å². The van der Waals surface area contributed by atoms with Crippen LogP contribution in [-0.4, -0.2) is 38.6 Å². The molecule has 0 spiro atoms. The molecule has 3 aromatic heterocycles. The molecule has 0 radical (unpaired) electrons. The number of esters is 1. The number of hydrogen-bond acceptors (Lipinski definition) is 8. The van der Waals surface area contributed by atoms with E-state index in [0.717, 1.165) is 53.4 Å². The first-order chi connectivity index (χ1) is 15.0. The highest BCUT2D eigenvalue weighted by atomic mass is 32.2. The van der Waals surface area contributed by atoms with Crippen molar-refractivity contribution >= 4 is 45.6 Å². The van der Waals surface area contributed by atoms with Crippen molar-refractivity contribution in [3.63, 3.8) is 0 Å². The Morgan fingerprint density at radius 2 is 2.10 bits per heavy atom. The normalized spacial score (nSPS) is 13.1. The predicted octanol–water partition coefficient (Wildman–Crippen LogP) is 3.25. The molecule has 0 aromatic carbocycles. The average Bonchev–Trinajstić information content (AvgIpc) is 3.11. The van der Waals surface area contributed by atoms with Gasteiger partial charge in [-0.15, -0.1) is 11.3 Å². The van der Waals surface area contributed by atoms with Crippen LogP contribution < -0.4 is 11.0 Å². The molecule has 0 aliphatic heterocycles. The lowest BCUT2D eigenvalue weighted by Gasteiger charge is -2.12. The molecular weight excluding hydrogens is 436 g/mol. The van der Waals surface area contributed by atoms with Crippen LogP contribution in [0.15, 0.2) is 28.3 Å². The summed E-state index contributed by atoms with van der Waals surface area (Å²) in [5.41, 5.74) is 2.40. The number of aryl methyl sites for hydroxylation is 2. The monoisotopic (exact) mass is 458 g/mol. The van der Waals surface area contributed by atoms with E-state index in [2.05, 4.69) is 15.3 Å². The largest absolute Gasteiger partial charge is 0.462 e. The second-order valence-corrected chi connectivity index (χ2v) is 9.19. The summed E-state index contributed by atoms with van der Waals surface area (Å²) in [7, 11) is 0. The van der Waals surface area contributed by atoms with Gasteiger partial charge in [0.2, 0.25) is 5.91 Å². The number of aromatic nitrogens is 3. The number of rotatable bonds is 6. The van der Waals surface area contributed by atoms with E-state index in [1.165, 1.54) is 15.7 Å². The Balaban J connectivity index is 1.51. The van der Waals surface area contributed by atoms with Crippen molar-refractivity contribution in [3.8, 4) is 0 Å². The summed E-state index contributed by atoms with van der Waals surface area (Å²) in [4.78, 5) is 46.9. The summed E-state index contributed by atoms with van der Waals surface area (Å²) < 4.78 is 6.60. The lowest BCUT2D eigenvalue weighted by atomic mass is 9.95. The van der Waals surface area contributed by atoms with Gasteiger partial charge in [-0.25, -0.2) is 14.6 Å². The molecule has 0 bridgehead atoms. The van der Waals surface area contributed by atoms with Gasteiger partial charge in [0.25, 0.3) is 0 Å². The third-order valence-electron chi connectivity index (χ3n) is 5.00. The maximum Gasteiger partial charge on any atom is 0.355 e. The van der Waals surface area contributed by atoms with Gasteiger partial charge in [0.15, 0.2) is 5.16 Å². The van der Waals surface area contributed by atoms with Crippen LogP contribution in [0.5, 0.6) is 0 Å². The fourth-order valence-corrected chi connectivity index (χ4v) is 5.51. The van der Waals surface area contributed by atoms with E-state index in [0.29, 0.717) is 16.2 Å². The van der Waals surface area contributed by atoms with Crippen molar-refractivity contribution in [3.05, 3.63) is 50.4 Å². The maximum absolute atomic E-state index is 12.6. The number of fused-ring (bicyclic) bond motifs is 2. The summed E-state index contributed by atoms with van der Waals surface area (Å²) in [5, 5.41) is 3.63. The summed E-state index contributed by atoms with van der Waals surface area (Å²) in [5.74, 6) is -0.666. The third kappa shape index (κ3) is 4.49. The molecule has 3 aromatic rings. The number of carbonyl (C=O) groups excluding carboxylic acids is 2. The number of nitrogens with zero attached hydrogens (tertiary/aromatic N) is 3. The molecule has 1 N–H and O–H groups in total. The summed E-state index contributed by atoms with van der Waals surface area (Å²) >= 11 is 2.53. The molecule has 8 nitrogen and oxygen atoms in total. The first-order valence-corrected chi connectivity index (χ1v) is 11.9. The fraction of sp³-hybridized carbons (Fsp3) is 0.381. The minimum Gasteiger partial charge on any atom is -0.462 e. The van der Waals surface area contributed by atoms with Gasteiger partial charge in [0.1, 0.15) is 10.6 Å². The van der Waals surface area contributed by atoms with Crippen LogP contribution in [0.1, 0.15) is 46.1 Å². The number of nitrogens with one attached hydrogen (secondary N) is 1. The van der Waals surface area contributed by atoms with E-state index >= 15 is 0 Å². The summed E-state index contributed by atoms with van der Waals surface area (Å²) in [6, 6.07) is 3.62. The van der Waals surface area contributed by atoms with E-state index in [1.54, 1.807) is 19.2 Å². The van der Waals surface area contributed by atoms with Gasteiger partial charge in [0, 0.05) is 11.1 Å². The fourth-order valence-electron chi connectivity index (χ4n) is 3.59. The Hall–Kier alpha value is -2.72. The Kier molecular flexibility index (Phi) is 6.38. The van der Waals surface area contributed by atoms with Gasteiger partial charge in [-0.05, 0) is 56.7 Å². The van der Waals surface area contributed by atoms with Crippen LogP contribution >= 0.6 is 23.1 Å². The number of pyridine rings is 1. The van der Waals surface area contributed by atoms with Crippen molar-refractivity contribution in [2.45, 2.75) is 44.7 Å². The SMILES string of the molecule is CCOC(=O)c1c(NC(=O)CSc2nc(=O)n3cccc(C)c3n2)sc2c1CCCC2. The molecule has 10 heteroatoms. The van der Waals surface area contributed by atoms with Crippen LogP contribution in [0.2, 0.25) is 0 Å². The number of hydrogen-bond donors (Lipinski definition) is 1. The van der Waals surface area contributed by atoms with E-state index in [1.807, 2.05) is 13.0 Å². The van der Waals surface area contributed by atoms with E-state index in [4.69, 9.17) is 4.74 Å². The average molecular weight is 459 g/mol. The molecule has 31 heavy (non-hydrogen) atoms. The number of thiophene rings is 1. The minimum atomic E-state index is -0.438. The Bertz CT molecular complexity index is 1220. The highest BCUT2D eigenvalue weighted by molar-refractivity contribution is 7.99. The zero-order valence-electron chi connectivity index (χ0n) is 17.3. The van der Waals surface area contributed by atoms with E-state index in [-0.39, 0.29) is 23.4 Å². The number of carbonyl (C=O) groups is 2. The molecule has 162 valence electrons. The molecule has 4 rings (SSSR count). The summed E-state index contributed by atoms with van der Waals surface area (Å²) in [6.45, 7) is 3.90. The second-order valence-electron chi connectivity index (χ2n) is 7.15. The Morgan fingerprint density at radius 1 is 1.29 bits per heavy atom. The Labute approximate surface area is 187 Å². The van der Waals surface area contributed by atoms with Crippen molar-refractivity contribution in [1.29, 1.82) is 0 Å². The van der Waals surface area contributed by atoms with Crippen LogP contribution in [0.3, 0.4) is 0 Å². The molecule has 1 aliphatic carbocycles. The van der Waals surface area contributed by atoms with Crippen molar-refractivity contribution in [2.24, 2.45) is 0 Å². The van der Waals surface area contributed by atoms with Crippen LogP contribution in [0.4, 0.5) is 5.00 Å². The highest BCUT2D eigenvalue weighted by Crippen LogP contribution is 2.38. The van der Waals surface area contributed by atoms with Crippen LogP contribution in [0.25, 0.3) is 5.65 Å². The lowest BCUT2D eigenvalue weighted by molar-refractivity contribution is -0.113. The molecule has 0 saturated carbocycles. The first kappa shape index (κ1) is 21.5. The molecule has 0 atom stereocenters. The standard InChI is InChI=1S/C21H22N4O4S2/c1-3-29-19(27)16-13-8-4-5-9-14(13)31-18(16)22-15(26)11-30-20-23-17-12(2)7-6-10-25(17)21(28)24-20/h6-7,10H,3-5,8-9,11H2,1-2H3,(H,22,26). The predicted molar refractivity (Wildman–Crippen MR) is 120 cm³/mol. The van der Waals surface area contributed by atoms with Crippen molar-refractivity contribution in [1.82, 2.24) is 14.4 Å². The van der Waals surface area contributed by atoms with Gasteiger partial charge in [0.05, 0.1) is 17.9 Å². The molecule has 0 fully saturated rings. The Morgan fingerprint density at radius 3 is 2.90 bits per heavy atom. The minimum absolute atomic E-state index is 0.0202. The topological polar surface area (TPSA) is 103 Å². The molecule has 1 amide bonds. The van der Waals surface area contributed by atoms with Crippen molar-refractivity contribution < 1.29 is 14.3 Å².